The Morgan fingerprint density at radius 2 is 2.00 bits per heavy atom. The van der Waals surface area contributed by atoms with Crippen LogP contribution in [0.5, 0.6) is 5.75 Å². The van der Waals surface area contributed by atoms with Crippen molar-refractivity contribution in [2.45, 2.75) is 13.3 Å². The quantitative estimate of drug-likeness (QED) is 0.562. The number of rotatable bonds is 7. The number of anilines is 1. The third-order valence-corrected chi connectivity index (χ3v) is 4.95. The number of carbonyl (C=O) groups excluding carboxylic acids is 2. The molecule has 1 amide bonds. The van der Waals surface area contributed by atoms with E-state index in [1.807, 2.05) is 13.0 Å². The second kappa shape index (κ2) is 10.1. The Morgan fingerprint density at radius 3 is 2.61 bits per heavy atom. The van der Waals surface area contributed by atoms with Gasteiger partial charge in [0.25, 0.3) is 5.91 Å². The highest BCUT2D eigenvalue weighted by molar-refractivity contribution is 9.10. The van der Waals surface area contributed by atoms with Crippen LogP contribution in [0.25, 0.3) is 0 Å². The fourth-order valence-electron chi connectivity index (χ4n) is 2.44. The van der Waals surface area contributed by atoms with Gasteiger partial charge in [-0.25, -0.2) is 4.79 Å². The molecule has 0 fully saturated rings. The summed E-state index contributed by atoms with van der Waals surface area (Å²) in [4.78, 5) is 25.8. The molecule has 0 heterocycles. The highest BCUT2D eigenvalue weighted by Gasteiger charge is 2.18. The number of hydrogen-bond acceptors (Lipinski definition) is 5. The van der Waals surface area contributed by atoms with Gasteiger partial charge in [0.15, 0.2) is 6.61 Å². The lowest BCUT2D eigenvalue weighted by Gasteiger charge is -2.22. The number of nitriles is 1. The smallest absolute Gasteiger partial charge is 0.337 e. The normalized spacial score (nSPS) is 10.1. The summed E-state index contributed by atoms with van der Waals surface area (Å²) in [6, 6.07) is 12.0. The summed E-state index contributed by atoms with van der Waals surface area (Å²) in [6.45, 7) is 1.85. The molecule has 0 aliphatic carbocycles. The Labute approximate surface area is 176 Å². The zero-order valence-electron chi connectivity index (χ0n) is 15.4. The van der Waals surface area contributed by atoms with Gasteiger partial charge in [-0.3, -0.25) is 4.79 Å². The first-order chi connectivity index (χ1) is 13.4. The molecule has 28 heavy (non-hydrogen) atoms. The lowest BCUT2D eigenvalue weighted by Crippen LogP contribution is -2.35. The number of benzene rings is 2. The maximum absolute atomic E-state index is 12.7. The van der Waals surface area contributed by atoms with Crippen LogP contribution in [0.1, 0.15) is 22.3 Å². The van der Waals surface area contributed by atoms with Crippen LogP contribution in [0.4, 0.5) is 5.69 Å². The van der Waals surface area contributed by atoms with Crippen molar-refractivity contribution in [2.75, 3.05) is 25.2 Å². The molecule has 0 N–H and O–H groups in total. The van der Waals surface area contributed by atoms with Crippen molar-refractivity contribution < 1.29 is 19.1 Å². The van der Waals surface area contributed by atoms with Crippen LogP contribution in [0.3, 0.4) is 0 Å². The molecule has 0 atom stereocenters. The summed E-state index contributed by atoms with van der Waals surface area (Å²) in [7, 11) is 1.30. The van der Waals surface area contributed by atoms with Crippen LogP contribution in [0.15, 0.2) is 40.9 Å². The summed E-state index contributed by atoms with van der Waals surface area (Å²) in [5.74, 6) is -0.362. The second-order valence-electron chi connectivity index (χ2n) is 5.81. The summed E-state index contributed by atoms with van der Waals surface area (Å²) in [5.41, 5.74) is 1.84. The van der Waals surface area contributed by atoms with E-state index in [9.17, 15) is 9.59 Å². The molecular formula is C20H18BrClN2O4. The number of esters is 1. The van der Waals surface area contributed by atoms with Gasteiger partial charge < -0.3 is 14.4 Å². The Hall–Kier alpha value is -2.56. The minimum Gasteiger partial charge on any atom is -0.483 e. The molecule has 2 aromatic carbocycles. The molecular weight excluding hydrogens is 448 g/mol. The Kier molecular flexibility index (Phi) is 7.85. The van der Waals surface area contributed by atoms with E-state index in [0.29, 0.717) is 26.5 Å². The summed E-state index contributed by atoms with van der Waals surface area (Å²) in [5, 5.41) is 9.49. The van der Waals surface area contributed by atoms with Crippen molar-refractivity contribution >= 4 is 45.1 Å². The van der Waals surface area contributed by atoms with Gasteiger partial charge in [-0.2, -0.15) is 5.26 Å². The van der Waals surface area contributed by atoms with E-state index in [4.69, 9.17) is 21.6 Å². The van der Waals surface area contributed by atoms with Crippen molar-refractivity contribution in [1.82, 2.24) is 0 Å². The molecule has 0 aliphatic heterocycles. The first-order valence-electron chi connectivity index (χ1n) is 8.31. The number of methoxy groups -OCH3 is 1. The summed E-state index contributed by atoms with van der Waals surface area (Å²) in [6.07, 6.45) is 0.185. The molecule has 0 radical (unpaired) electrons. The molecule has 0 spiro atoms. The number of carbonyl (C=O) groups is 2. The van der Waals surface area contributed by atoms with E-state index < -0.39 is 5.97 Å². The zero-order chi connectivity index (χ0) is 20.7. The van der Waals surface area contributed by atoms with Gasteiger partial charge in [0.1, 0.15) is 5.75 Å². The maximum Gasteiger partial charge on any atom is 0.337 e. The maximum atomic E-state index is 12.7. The first kappa shape index (κ1) is 21.7. The number of amides is 1. The molecule has 0 saturated carbocycles. The molecule has 6 nitrogen and oxygen atoms in total. The van der Waals surface area contributed by atoms with Crippen LogP contribution >= 0.6 is 27.5 Å². The highest BCUT2D eigenvalue weighted by atomic mass is 79.9. The number of aryl methyl sites for hydroxylation is 1. The molecule has 8 heteroatoms. The predicted molar refractivity (Wildman–Crippen MR) is 110 cm³/mol. The lowest BCUT2D eigenvalue weighted by atomic mass is 10.2. The molecule has 0 saturated heterocycles. The lowest BCUT2D eigenvalue weighted by molar-refractivity contribution is -0.120. The van der Waals surface area contributed by atoms with Crippen LogP contribution in [0, 0.1) is 18.3 Å². The van der Waals surface area contributed by atoms with Gasteiger partial charge in [0.2, 0.25) is 0 Å². The van der Waals surface area contributed by atoms with Crippen LogP contribution in [-0.4, -0.2) is 32.1 Å². The van der Waals surface area contributed by atoms with Crippen LogP contribution in [-0.2, 0) is 9.53 Å². The highest BCUT2D eigenvalue weighted by Crippen LogP contribution is 2.27. The molecule has 0 aliphatic rings. The standard InChI is InChI=1S/C20H18BrClN2O4/c1-13-10-15(5-6-17(13)22)24(9-3-8-23)19(25)12-28-18-7-4-14(11-16(18)21)20(26)27-2/h4-7,10-11H,3,9,12H2,1-2H3. The molecule has 2 aromatic rings. The molecule has 146 valence electrons. The molecule has 0 aromatic heterocycles. The van der Waals surface area contributed by atoms with Crippen molar-refractivity contribution in [1.29, 1.82) is 5.26 Å². The second-order valence-corrected chi connectivity index (χ2v) is 7.07. The van der Waals surface area contributed by atoms with Gasteiger partial charge in [0.05, 0.1) is 29.6 Å². The topological polar surface area (TPSA) is 79.6 Å². The van der Waals surface area contributed by atoms with Crippen molar-refractivity contribution in [3.8, 4) is 11.8 Å². The predicted octanol–water partition coefficient (Wildman–Crippen LogP) is 4.52. The van der Waals surface area contributed by atoms with Crippen molar-refractivity contribution in [2.24, 2.45) is 0 Å². The number of halogens is 2. The summed E-state index contributed by atoms with van der Waals surface area (Å²) >= 11 is 9.38. The largest absolute Gasteiger partial charge is 0.483 e. The third kappa shape index (κ3) is 5.47. The van der Waals surface area contributed by atoms with E-state index in [1.54, 1.807) is 36.4 Å². The average Bonchev–Trinajstić information content (AvgIpc) is 2.69. The number of nitrogens with zero attached hydrogens (tertiary/aromatic N) is 2. The molecule has 0 bridgehead atoms. The number of hydrogen-bond donors (Lipinski definition) is 0. The number of ether oxygens (including phenoxy) is 2. The Bertz CT molecular complexity index is 927. The molecule has 0 unspecified atom stereocenters. The van der Waals surface area contributed by atoms with Crippen molar-refractivity contribution in [3.63, 3.8) is 0 Å². The fraction of sp³-hybridized carbons (Fsp3) is 0.250. The Balaban J connectivity index is 2.14. The van der Waals surface area contributed by atoms with E-state index in [-0.39, 0.29) is 25.5 Å². The SMILES string of the molecule is COC(=O)c1ccc(OCC(=O)N(CCC#N)c2ccc(Cl)c(C)c2)c(Br)c1. The first-order valence-corrected chi connectivity index (χ1v) is 9.48. The monoisotopic (exact) mass is 464 g/mol. The fourth-order valence-corrected chi connectivity index (χ4v) is 3.05. The minimum absolute atomic E-state index is 0.185. The van der Waals surface area contributed by atoms with E-state index in [2.05, 4.69) is 20.7 Å². The average molecular weight is 466 g/mol. The van der Waals surface area contributed by atoms with E-state index in [1.165, 1.54) is 12.0 Å². The minimum atomic E-state index is -0.468. The van der Waals surface area contributed by atoms with Crippen LogP contribution < -0.4 is 9.64 Å². The van der Waals surface area contributed by atoms with E-state index in [0.717, 1.165) is 5.56 Å². The van der Waals surface area contributed by atoms with Gasteiger partial charge in [-0.1, -0.05) is 11.6 Å². The third-order valence-electron chi connectivity index (χ3n) is 3.91. The van der Waals surface area contributed by atoms with Gasteiger partial charge in [-0.05, 0) is 64.8 Å². The van der Waals surface area contributed by atoms with E-state index >= 15 is 0 Å². The van der Waals surface area contributed by atoms with Gasteiger partial charge >= 0.3 is 5.97 Å². The van der Waals surface area contributed by atoms with Crippen LogP contribution in [0.2, 0.25) is 5.02 Å². The Morgan fingerprint density at radius 1 is 1.25 bits per heavy atom. The van der Waals surface area contributed by atoms with Gasteiger partial charge in [-0.15, -0.1) is 0 Å². The summed E-state index contributed by atoms with van der Waals surface area (Å²) < 4.78 is 10.8. The molecule has 2 rings (SSSR count). The zero-order valence-corrected chi connectivity index (χ0v) is 17.7. The van der Waals surface area contributed by atoms with Crippen molar-refractivity contribution in [3.05, 3.63) is 57.0 Å². The van der Waals surface area contributed by atoms with Gasteiger partial charge in [0, 0.05) is 17.3 Å².